The molecule has 7 heteroatoms. The quantitative estimate of drug-likeness (QED) is 0.755. The molecule has 2 heterocycles. The maximum atomic E-state index is 11.3. The number of hydrogen-bond donors (Lipinski definition) is 2. The van der Waals surface area contributed by atoms with E-state index in [9.17, 15) is 4.79 Å². The van der Waals surface area contributed by atoms with Crippen molar-refractivity contribution in [3.8, 4) is 0 Å². The fourth-order valence-corrected chi connectivity index (χ4v) is 1.90. The van der Waals surface area contributed by atoms with Gasteiger partial charge < -0.3 is 0 Å². The monoisotopic (exact) mass is 276 g/mol. The van der Waals surface area contributed by atoms with Gasteiger partial charge in [-0.1, -0.05) is 26.2 Å². The van der Waals surface area contributed by atoms with E-state index in [0.29, 0.717) is 17.6 Å². The minimum absolute atomic E-state index is 0.195. The first-order valence-electron chi connectivity index (χ1n) is 6.92. The molecule has 0 aromatic carbocycles. The molecule has 0 saturated heterocycles. The molecule has 20 heavy (non-hydrogen) atoms. The summed E-state index contributed by atoms with van der Waals surface area (Å²) in [5.74, 6) is 0.799. The van der Waals surface area contributed by atoms with Gasteiger partial charge in [0.2, 0.25) is 11.9 Å². The zero-order valence-corrected chi connectivity index (χ0v) is 11.9. The molecule has 0 aliphatic heterocycles. The standard InChI is InChI=1S/C13H20N6O/c1-3-4-5-6-7-19-9-14-12(18-19)17-13-15-10(2)8-11(20)16-13/h8-9H,3-7H2,1-2H3,(H2,15,16,17,18,20). The third kappa shape index (κ3) is 4.18. The largest absolute Gasteiger partial charge is 0.293 e. The molecule has 2 aromatic heterocycles. The number of rotatable bonds is 7. The van der Waals surface area contributed by atoms with Crippen molar-refractivity contribution in [2.45, 2.75) is 46.1 Å². The molecule has 0 aliphatic carbocycles. The van der Waals surface area contributed by atoms with Gasteiger partial charge in [0.05, 0.1) is 0 Å². The highest BCUT2D eigenvalue weighted by Gasteiger charge is 2.03. The Hall–Kier alpha value is -2.18. The van der Waals surface area contributed by atoms with Gasteiger partial charge >= 0.3 is 0 Å². The SMILES string of the molecule is CCCCCCn1cnc(Nc2nc(C)cc(=O)[nH]2)n1. The van der Waals surface area contributed by atoms with Crippen LogP contribution in [0.15, 0.2) is 17.2 Å². The number of hydrogen-bond acceptors (Lipinski definition) is 5. The second-order valence-electron chi connectivity index (χ2n) is 4.75. The molecule has 2 aromatic rings. The molecule has 2 N–H and O–H groups in total. The Morgan fingerprint density at radius 2 is 2.20 bits per heavy atom. The number of nitrogens with one attached hydrogen (secondary N) is 2. The summed E-state index contributed by atoms with van der Waals surface area (Å²) >= 11 is 0. The maximum absolute atomic E-state index is 11.3. The summed E-state index contributed by atoms with van der Waals surface area (Å²) in [6.45, 7) is 4.81. The Kier molecular flexibility index (Phi) is 4.86. The topological polar surface area (TPSA) is 88.5 Å². The fourth-order valence-electron chi connectivity index (χ4n) is 1.90. The Morgan fingerprint density at radius 3 is 2.95 bits per heavy atom. The van der Waals surface area contributed by atoms with Crippen LogP contribution in [0.25, 0.3) is 0 Å². The van der Waals surface area contributed by atoms with Crippen molar-refractivity contribution >= 4 is 11.9 Å². The number of aromatic nitrogens is 5. The highest BCUT2D eigenvalue weighted by molar-refractivity contribution is 5.40. The van der Waals surface area contributed by atoms with Gasteiger partial charge in [0, 0.05) is 18.3 Å². The number of H-pyrrole nitrogens is 1. The van der Waals surface area contributed by atoms with Crippen molar-refractivity contribution in [1.29, 1.82) is 0 Å². The summed E-state index contributed by atoms with van der Waals surface area (Å²) in [6, 6.07) is 1.44. The summed E-state index contributed by atoms with van der Waals surface area (Å²) < 4.78 is 1.80. The van der Waals surface area contributed by atoms with Gasteiger partial charge in [0.15, 0.2) is 0 Å². The second kappa shape index (κ2) is 6.83. The summed E-state index contributed by atoms with van der Waals surface area (Å²) in [5.41, 5.74) is 0.453. The minimum Gasteiger partial charge on any atom is -0.293 e. The third-order valence-corrected chi connectivity index (χ3v) is 2.88. The lowest BCUT2D eigenvalue weighted by Crippen LogP contribution is -2.11. The van der Waals surface area contributed by atoms with Gasteiger partial charge in [-0.25, -0.2) is 9.97 Å². The van der Waals surface area contributed by atoms with Crippen molar-refractivity contribution in [2.24, 2.45) is 0 Å². The molecule has 2 rings (SSSR count). The summed E-state index contributed by atoms with van der Waals surface area (Å²) in [5, 5.41) is 7.19. The Labute approximate surface area is 117 Å². The molecular formula is C13H20N6O. The molecule has 0 fully saturated rings. The van der Waals surface area contributed by atoms with Gasteiger partial charge in [-0.05, 0) is 13.3 Å². The van der Waals surface area contributed by atoms with Crippen LogP contribution in [-0.4, -0.2) is 24.7 Å². The first kappa shape index (κ1) is 14.2. The number of aromatic amines is 1. The second-order valence-corrected chi connectivity index (χ2v) is 4.75. The van der Waals surface area contributed by atoms with Crippen molar-refractivity contribution in [3.63, 3.8) is 0 Å². The zero-order valence-electron chi connectivity index (χ0n) is 11.9. The molecule has 7 nitrogen and oxygen atoms in total. The Bertz CT molecular complexity index is 603. The maximum Gasteiger partial charge on any atom is 0.252 e. The third-order valence-electron chi connectivity index (χ3n) is 2.88. The number of unbranched alkanes of at least 4 members (excludes halogenated alkanes) is 3. The van der Waals surface area contributed by atoms with E-state index < -0.39 is 0 Å². The van der Waals surface area contributed by atoms with Gasteiger partial charge in [0.1, 0.15) is 6.33 Å². The molecule has 0 radical (unpaired) electrons. The van der Waals surface area contributed by atoms with E-state index in [4.69, 9.17) is 0 Å². The molecule has 0 amide bonds. The van der Waals surface area contributed by atoms with E-state index in [0.717, 1.165) is 13.0 Å². The van der Waals surface area contributed by atoms with Crippen LogP contribution in [0.3, 0.4) is 0 Å². The lowest BCUT2D eigenvalue weighted by Gasteiger charge is -2.01. The van der Waals surface area contributed by atoms with Crippen molar-refractivity contribution in [2.75, 3.05) is 5.32 Å². The predicted molar refractivity (Wildman–Crippen MR) is 77.0 cm³/mol. The fraction of sp³-hybridized carbons (Fsp3) is 0.538. The summed E-state index contributed by atoms with van der Waals surface area (Å²) in [6.07, 6.45) is 6.44. The first-order valence-corrected chi connectivity index (χ1v) is 6.92. The summed E-state index contributed by atoms with van der Waals surface area (Å²) in [7, 11) is 0. The highest BCUT2D eigenvalue weighted by Crippen LogP contribution is 2.06. The lowest BCUT2D eigenvalue weighted by molar-refractivity contribution is 0.541. The van der Waals surface area contributed by atoms with E-state index in [2.05, 4.69) is 32.3 Å². The van der Waals surface area contributed by atoms with Crippen molar-refractivity contribution in [3.05, 3.63) is 28.4 Å². The van der Waals surface area contributed by atoms with Crippen molar-refractivity contribution in [1.82, 2.24) is 24.7 Å². The van der Waals surface area contributed by atoms with Crippen LogP contribution < -0.4 is 10.9 Å². The minimum atomic E-state index is -0.195. The van der Waals surface area contributed by atoms with E-state index >= 15 is 0 Å². The molecular weight excluding hydrogens is 256 g/mol. The van der Waals surface area contributed by atoms with E-state index in [1.54, 1.807) is 17.9 Å². The average molecular weight is 276 g/mol. The Morgan fingerprint density at radius 1 is 1.35 bits per heavy atom. The van der Waals surface area contributed by atoms with Gasteiger partial charge in [0.25, 0.3) is 5.56 Å². The van der Waals surface area contributed by atoms with Gasteiger partial charge in [-0.15, -0.1) is 5.10 Å². The molecule has 0 atom stereocenters. The smallest absolute Gasteiger partial charge is 0.252 e. The van der Waals surface area contributed by atoms with Gasteiger partial charge in [-0.3, -0.25) is 19.8 Å². The van der Waals surface area contributed by atoms with Crippen LogP contribution in [0.5, 0.6) is 0 Å². The number of nitrogens with zero attached hydrogens (tertiary/aromatic N) is 4. The van der Waals surface area contributed by atoms with Crippen LogP contribution in [0.2, 0.25) is 0 Å². The van der Waals surface area contributed by atoms with E-state index in [1.807, 2.05) is 0 Å². The van der Waals surface area contributed by atoms with Crippen LogP contribution in [0, 0.1) is 6.92 Å². The van der Waals surface area contributed by atoms with Crippen LogP contribution in [0.4, 0.5) is 11.9 Å². The molecule has 0 unspecified atom stereocenters. The molecule has 0 spiro atoms. The molecule has 0 aliphatic rings. The molecule has 0 saturated carbocycles. The zero-order chi connectivity index (χ0) is 14.4. The average Bonchev–Trinajstić information content (AvgIpc) is 2.81. The van der Waals surface area contributed by atoms with E-state index in [-0.39, 0.29) is 5.56 Å². The first-order chi connectivity index (χ1) is 9.67. The molecule has 108 valence electrons. The lowest BCUT2D eigenvalue weighted by atomic mass is 10.2. The normalized spacial score (nSPS) is 10.7. The highest BCUT2D eigenvalue weighted by atomic mass is 16.1. The van der Waals surface area contributed by atoms with Crippen LogP contribution in [0.1, 0.15) is 38.3 Å². The van der Waals surface area contributed by atoms with E-state index in [1.165, 1.54) is 25.3 Å². The van der Waals surface area contributed by atoms with Crippen LogP contribution >= 0.6 is 0 Å². The molecule has 0 bridgehead atoms. The summed E-state index contributed by atoms with van der Waals surface area (Å²) in [4.78, 5) is 22.2. The van der Waals surface area contributed by atoms with Crippen LogP contribution in [-0.2, 0) is 6.54 Å². The van der Waals surface area contributed by atoms with Gasteiger partial charge in [-0.2, -0.15) is 0 Å². The Balaban J connectivity index is 1.93. The number of anilines is 2. The predicted octanol–water partition coefficient (Wildman–Crippen LogP) is 1.99. The number of aryl methyl sites for hydroxylation is 2. The van der Waals surface area contributed by atoms with Crippen molar-refractivity contribution < 1.29 is 0 Å².